The maximum Gasteiger partial charge on any atom is 0.311 e. The van der Waals surface area contributed by atoms with Crippen LogP contribution in [0.3, 0.4) is 0 Å². The summed E-state index contributed by atoms with van der Waals surface area (Å²) in [6, 6.07) is 0. The van der Waals surface area contributed by atoms with Gasteiger partial charge in [-0.2, -0.15) is 0 Å². The molecule has 10 unspecified atom stereocenters. The third-order valence-corrected chi connectivity index (χ3v) is 30.0. The second-order valence-electron chi connectivity index (χ2n) is 39.2. The van der Waals surface area contributed by atoms with Gasteiger partial charge in [0.25, 0.3) is 0 Å². The van der Waals surface area contributed by atoms with Gasteiger partial charge in [0, 0.05) is 12.8 Å². The number of rotatable bonds is 42. The van der Waals surface area contributed by atoms with Crippen molar-refractivity contribution in [2.45, 2.75) is 430 Å². The summed E-state index contributed by atoms with van der Waals surface area (Å²) in [5, 5.41) is 0. The monoisotopic (exact) mass is 1420 g/mol. The van der Waals surface area contributed by atoms with E-state index in [9.17, 15) is 19.2 Å². The summed E-state index contributed by atoms with van der Waals surface area (Å²) < 4.78 is 23.5. The molecule has 0 bridgehead atoms. The summed E-state index contributed by atoms with van der Waals surface area (Å²) in [5.41, 5.74) is 0.769. The molecule has 0 spiro atoms. The highest BCUT2D eigenvalue weighted by Gasteiger charge is 2.63. The van der Waals surface area contributed by atoms with Crippen LogP contribution in [0.4, 0.5) is 0 Å². The highest BCUT2D eigenvalue weighted by atomic mass is 16.6. The van der Waals surface area contributed by atoms with Crippen molar-refractivity contribution in [3.8, 4) is 0 Å². The molecule has 0 heterocycles. The van der Waals surface area contributed by atoms with Crippen molar-refractivity contribution < 1.29 is 38.1 Å². The van der Waals surface area contributed by atoms with Crippen LogP contribution >= 0.6 is 0 Å². The van der Waals surface area contributed by atoms with Crippen LogP contribution in [-0.4, -0.2) is 49.3 Å². The molecule has 0 aliphatic heterocycles. The van der Waals surface area contributed by atoms with Crippen LogP contribution in [0.1, 0.15) is 418 Å². The number of hydrogen-bond acceptors (Lipinski definition) is 8. The van der Waals surface area contributed by atoms with Crippen LogP contribution in [0.15, 0.2) is 24.3 Å². The van der Waals surface area contributed by atoms with Crippen molar-refractivity contribution in [1.82, 2.24) is 0 Å². The molecule has 0 N–H and O–H groups in total. The average Bonchev–Trinajstić information content (AvgIpc) is 1.41. The van der Waals surface area contributed by atoms with Gasteiger partial charge in [-0.25, -0.2) is 0 Å². The van der Waals surface area contributed by atoms with E-state index in [2.05, 4.69) is 79.7 Å². The molecule has 0 aromatic carbocycles. The number of fused-ring (bicyclic) bond motifs is 10. The van der Waals surface area contributed by atoms with Gasteiger partial charge in [-0.1, -0.05) is 195 Å². The van der Waals surface area contributed by atoms with Crippen LogP contribution in [0, 0.1) is 104 Å². The molecule has 8 saturated carbocycles. The van der Waals surface area contributed by atoms with E-state index >= 15 is 0 Å². The fourth-order valence-corrected chi connectivity index (χ4v) is 23.6. The Balaban J connectivity index is 0.000000286. The van der Waals surface area contributed by atoms with Crippen LogP contribution in [0.25, 0.3) is 0 Å². The van der Waals surface area contributed by atoms with Gasteiger partial charge in [0.05, 0.1) is 24.0 Å². The van der Waals surface area contributed by atoms with Gasteiger partial charge in [0.2, 0.25) is 0 Å². The van der Waals surface area contributed by atoms with Crippen LogP contribution < -0.4 is 0 Å². The maximum absolute atomic E-state index is 12.7. The number of unbranched alkanes of at least 4 members (excludes halogenated alkanes) is 24. The van der Waals surface area contributed by atoms with Crippen LogP contribution in [0.2, 0.25) is 0 Å². The number of carbonyl (C=O) groups is 4. The summed E-state index contributed by atoms with van der Waals surface area (Å²) in [6.45, 7) is 32.9. The topological polar surface area (TPSA) is 105 Å². The molecule has 8 aliphatic rings. The van der Waals surface area contributed by atoms with E-state index in [1.807, 2.05) is 41.5 Å². The van der Waals surface area contributed by atoms with Crippen molar-refractivity contribution in [1.29, 1.82) is 0 Å². The van der Waals surface area contributed by atoms with Crippen LogP contribution in [-0.2, 0) is 38.1 Å². The Labute approximate surface area is 629 Å². The molecule has 0 radical (unpaired) electrons. The van der Waals surface area contributed by atoms with Crippen LogP contribution in [0.5, 0.6) is 0 Å². The van der Waals surface area contributed by atoms with Gasteiger partial charge in [-0.15, -0.1) is 0 Å². The zero-order chi connectivity index (χ0) is 73.8. The van der Waals surface area contributed by atoms with E-state index in [0.29, 0.717) is 71.4 Å². The largest absolute Gasteiger partial charge is 0.466 e. The zero-order valence-corrected chi connectivity index (χ0v) is 69.4. The normalized spacial score (nSPS) is 32.6. The maximum atomic E-state index is 12.7. The number of hydrogen-bond donors (Lipinski definition) is 0. The summed E-state index contributed by atoms with van der Waals surface area (Å²) in [5.74, 6) is 8.95. The van der Waals surface area contributed by atoms with Gasteiger partial charge in [0.15, 0.2) is 0 Å². The molecule has 0 amide bonds. The third-order valence-electron chi connectivity index (χ3n) is 30.0. The lowest BCUT2D eigenvalue weighted by Crippen LogP contribution is -2.54. The quantitative estimate of drug-likeness (QED) is 0.0258. The lowest BCUT2D eigenvalue weighted by atomic mass is 9.44. The van der Waals surface area contributed by atoms with E-state index in [1.54, 1.807) is 0 Å². The van der Waals surface area contributed by atoms with Gasteiger partial charge >= 0.3 is 23.9 Å². The standard InChI is InChI=1S/2C47H82O4/c2*1-8-9-10-11-12-13-14-15-16-17-18-19-20-21-22-23-34-50-43(48)29-24-36(2)40-27-28-41-39-26-25-37-35-38(51-44(49)45(3,4)5)30-32-46(37,6)42(39)31-33-47(40,41)7/h2*15-16,36-42H,8-14,17-35H2,1-7H3/b2*16-15-/t2*36-,37?,38-,39?,40?,41?,42?,46+,47-/m11/s1. The first-order valence-corrected chi connectivity index (χ1v) is 44.8. The highest BCUT2D eigenvalue weighted by molar-refractivity contribution is 5.76. The predicted molar refractivity (Wildman–Crippen MR) is 427 cm³/mol. The van der Waals surface area contributed by atoms with Gasteiger partial charge in [0.1, 0.15) is 12.2 Å². The first-order chi connectivity index (χ1) is 48.8. The summed E-state index contributed by atoms with van der Waals surface area (Å²) in [7, 11) is 0. The van der Waals surface area contributed by atoms with Crippen molar-refractivity contribution >= 4 is 23.9 Å². The predicted octanol–water partition coefficient (Wildman–Crippen LogP) is 27.2. The Hall–Kier alpha value is -2.64. The number of ether oxygens (including phenoxy) is 4. The smallest absolute Gasteiger partial charge is 0.311 e. The number of allylic oxidation sites excluding steroid dienone is 4. The van der Waals surface area contributed by atoms with Gasteiger partial charge in [-0.05, 0) is 327 Å². The molecular weight excluding hydrogens is 1260 g/mol. The first kappa shape index (κ1) is 86.6. The summed E-state index contributed by atoms with van der Waals surface area (Å²) in [6.07, 6.45) is 72.0. The van der Waals surface area contributed by atoms with E-state index in [0.717, 1.165) is 98.7 Å². The van der Waals surface area contributed by atoms with E-state index < -0.39 is 10.8 Å². The second-order valence-corrected chi connectivity index (χ2v) is 39.2. The molecule has 0 saturated heterocycles. The molecule has 8 nitrogen and oxygen atoms in total. The van der Waals surface area contributed by atoms with Crippen molar-refractivity contribution in [3.63, 3.8) is 0 Å². The third kappa shape index (κ3) is 25.2. The minimum atomic E-state index is -0.424. The molecule has 8 rings (SSSR count). The minimum absolute atomic E-state index is 0.0213. The van der Waals surface area contributed by atoms with Gasteiger partial charge in [-0.3, -0.25) is 19.2 Å². The van der Waals surface area contributed by atoms with E-state index in [4.69, 9.17) is 18.9 Å². The lowest BCUT2D eigenvalue weighted by Gasteiger charge is -2.61. The minimum Gasteiger partial charge on any atom is -0.466 e. The number of carbonyl (C=O) groups excluding carboxylic acids is 4. The van der Waals surface area contributed by atoms with Crippen molar-refractivity contribution in [2.24, 2.45) is 104 Å². The summed E-state index contributed by atoms with van der Waals surface area (Å²) >= 11 is 0. The Morgan fingerprint density at radius 3 is 1.01 bits per heavy atom. The molecule has 8 aliphatic carbocycles. The zero-order valence-electron chi connectivity index (χ0n) is 69.4. The Morgan fingerprint density at radius 1 is 0.373 bits per heavy atom. The highest BCUT2D eigenvalue weighted by Crippen LogP contribution is 2.70. The lowest BCUT2D eigenvalue weighted by molar-refractivity contribution is -0.171. The molecule has 0 aromatic rings. The molecular formula is C94H164O8. The number of esters is 4. The second kappa shape index (κ2) is 42.9. The van der Waals surface area contributed by atoms with E-state index in [-0.39, 0.29) is 36.1 Å². The van der Waals surface area contributed by atoms with E-state index in [1.165, 1.54) is 257 Å². The molecule has 588 valence electrons. The fraction of sp³-hybridized carbons (Fsp3) is 0.915. The Bertz CT molecular complexity index is 2310. The molecule has 0 aromatic heterocycles. The summed E-state index contributed by atoms with van der Waals surface area (Å²) in [4.78, 5) is 50.7. The average molecular weight is 1420 g/mol. The molecule has 102 heavy (non-hydrogen) atoms. The first-order valence-electron chi connectivity index (χ1n) is 44.8. The molecule has 8 fully saturated rings. The fourth-order valence-electron chi connectivity index (χ4n) is 23.6. The van der Waals surface area contributed by atoms with Crippen molar-refractivity contribution in [2.75, 3.05) is 13.2 Å². The molecule has 18 atom stereocenters. The van der Waals surface area contributed by atoms with Crippen molar-refractivity contribution in [3.05, 3.63) is 24.3 Å². The Kier molecular flexibility index (Phi) is 36.5. The Morgan fingerprint density at radius 2 is 0.676 bits per heavy atom. The molecule has 8 heteroatoms. The van der Waals surface area contributed by atoms with Gasteiger partial charge < -0.3 is 18.9 Å². The SMILES string of the molecule is CCCCCCCC/C=C\CCCCCCCCOC(=O)CC[C@@H](C)C1CCC2C3CCC4C[C@H](OC(=O)C(C)(C)C)CC[C@]4(C)C3CC[C@@]21C.CCCCCCCC/C=C\CCCCCCCCOC(=O)CC[C@@H](C)C1CCC2C3CCC4C[C@H](OC(=O)C(C)(C)C)CC[C@]4(C)C3CC[C@@]21C.